The van der Waals surface area contributed by atoms with Gasteiger partial charge >= 0.3 is 0 Å². The lowest BCUT2D eigenvalue weighted by molar-refractivity contribution is -0.115. The van der Waals surface area contributed by atoms with E-state index in [0.29, 0.717) is 23.2 Å². The van der Waals surface area contributed by atoms with Gasteiger partial charge in [0.15, 0.2) is 0 Å². The Hall–Kier alpha value is -2.89. The molecule has 1 aliphatic rings. The molecule has 0 spiro atoms. The van der Waals surface area contributed by atoms with Crippen molar-refractivity contribution in [1.82, 2.24) is 15.4 Å². The zero-order valence-corrected chi connectivity index (χ0v) is 13.4. The number of carbonyl (C=O) groups excluding carboxylic acids is 1. The van der Waals surface area contributed by atoms with E-state index in [9.17, 15) is 4.79 Å². The predicted octanol–water partition coefficient (Wildman–Crippen LogP) is 3.43. The lowest BCUT2D eigenvalue weighted by Gasteiger charge is -2.03. The molecule has 1 saturated carbocycles. The van der Waals surface area contributed by atoms with E-state index < -0.39 is 0 Å². The fourth-order valence-electron chi connectivity index (χ4n) is 2.85. The van der Waals surface area contributed by atoms with Crippen molar-refractivity contribution in [3.05, 3.63) is 53.5 Å². The van der Waals surface area contributed by atoms with Gasteiger partial charge in [0.2, 0.25) is 5.91 Å². The number of anilines is 1. The van der Waals surface area contributed by atoms with Gasteiger partial charge in [-0.1, -0.05) is 35.5 Å². The van der Waals surface area contributed by atoms with Crippen LogP contribution in [0.1, 0.15) is 35.9 Å². The Morgan fingerprint density at radius 1 is 1.33 bits per heavy atom. The van der Waals surface area contributed by atoms with Crippen LogP contribution in [0, 0.1) is 6.92 Å². The van der Waals surface area contributed by atoms with Gasteiger partial charge in [0.25, 0.3) is 0 Å². The molecule has 2 N–H and O–H groups in total. The van der Waals surface area contributed by atoms with Crippen LogP contribution in [0.4, 0.5) is 5.82 Å². The van der Waals surface area contributed by atoms with Crippen molar-refractivity contribution >= 4 is 11.7 Å². The van der Waals surface area contributed by atoms with Crippen LogP contribution in [0.2, 0.25) is 0 Å². The predicted molar refractivity (Wildman–Crippen MR) is 89.6 cm³/mol. The van der Waals surface area contributed by atoms with Gasteiger partial charge in [-0.05, 0) is 25.3 Å². The number of nitrogens with one attached hydrogen (secondary N) is 2. The molecule has 0 saturated heterocycles. The van der Waals surface area contributed by atoms with Crippen LogP contribution in [-0.4, -0.2) is 21.3 Å². The number of hydrogen-bond donors (Lipinski definition) is 2. The maximum atomic E-state index is 12.3. The van der Waals surface area contributed by atoms with Crippen molar-refractivity contribution in [3.8, 4) is 11.1 Å². The number of H-pyrrole nitrogens is 1. The highest BCUT2D eigenvalue weighted by molar-refractivity contribution is 5.92. The van der Waals surface area contributed by atoms with E-state index in [1.165, 1.54) is 12.8 Å². The number of nitrogens with zero attached hydrogens (tertiary/aromatic N) is 2. The van der Waals surface area contributed by atoms with E-state index in [4.69, 9.17) is 4.52 Å². The molecule has 1 aromatic carbocycles. The molecule has 2 heterocycles. The number of carbonyl (C=O) groups is 1. The highest BCUT2D eigenvalue weighted by Gasteiger charge is 2.26. The van der Waals surface area contributed by atoms with E-state index >= 15 is 0 Å². The topological polar surface area (TPSA) is 83.8 Å². The minimum Gasteiger partial charge on any atom is -0.361 e. The summed E-state index contributed by atoms with van der Waals surface area (Å²) in [6.07, 6.45) is 2.51. The average Bonchev–Trinajstić information content (AvgIpc) is 3.23. The van der Waals surface area contributed by atoms with Gasteiger partial charge in [-0.3, -0.25) is 9.89 Å². The third-order valence-corrected chi connectivity index (χ3v) is 4.19. The van der Waals surface area contributed by atoms with Gasteiger partial charge < -0.3 is 9.84 Å². The van der Waals surface area contributed by atoms with Gasteiger partial charge in [0.1, 0.15) is 17.3 Å². The number of hydrogen-bond acceptors (Lipinski definition) is 4. The number of rotatable bonds is 5. The Labute approximate surface area is 139 Å². The summed E-state index contributed by atoms with van der Waals surface area (Å²) in [6, 6.07) is 11.7. The summed E-state index contributed by atoms with van der Waals surface area (Å²) in [5.41, 5.74) is 3.54. The standard InChI is InChI=1S/C18H18N4O2/c1-11-18(13-5-3-2-4-6-13)15(22-24-11)10-17(23)19-16-9-14(20-21-16)12-7-8-12/h2-6,9,12H,7-8,10H2,1H3,(H2,19,20,21,23). The van der Waals surface area contributed by atoms with Crippen molar-refractivity contribution in [3.63, 3.8) is 0 Å². The molecule has 0 aliphatic heterocycles. The van der Waals surface area contributed by atoms with Gasteiger partial charge in [0, 0.05) is 17.5 Å². The molecule has 3 aromatic rings. The summed E-state index contributed by atoms with van der Waals surface area (Å²) in [7, 11) is 0. The fraction of sp³-hybridized carbons (Fsp3) is 0.278. The van der Waals surface area contributed by atoms with Crippen LogP contribution in [-0.2, 0) is 11.2 Å². The highest BCUT2D eigenvalue weighted by Crippen LogP contribution is 2.39. The first kappa shape index (κ1) is 14.7. The molecule has 1 aliphatic carbocycles. The van der Waals surface area contributed by atoms with Crippen molar-refractivity contribution in [2.45, 2.75) is 32.1 Å². The SMILES string of the molecule is Cc1onc(CC(=O)Nc2cc(C3CC3)n[nH]2)c1-c1ccccc1. The van der Waals surface area contributed by atoms with E-state index in [1.54, 1.807) is 0 Å². The molecule has 0 radical (unpaired) electrons. The summed E-state index contributed by atoms with van der Waals surface area (Å²) >= 11 is 0. The van der Waals surface area contributed by atoms with Crippen LogP contribution in [0.5, 0.6) is 0 Å². The quantitative estimate of drug-likeness (QED) is 0.754. The van der Waals surface area contributed by atoms with Crippen LogP contribution in [0.25, 0.3) is 11.1 Å². The fourth-order valence-corrected chi connectivity index (χ4v) is 2.85. The summed E-state index contributed by atoms with van der Waals surface area (Å²) in [4.78, 5) is 12.3. The third kappa shape index (κ3) is 2.95. The molecule has 1 fully saturated rings. The van der Waals surface area contributed by atoms with Crippen molar-refractivity contribution < 1.29 is 9.32 Å². The van der Waals surface area contributed by atoms with Crippen LogP contribution >= 0.6 is 0 Å². The first-order valence-corrected chi connectivity index (χ1v) is 8.06. The zero-order chi connectivity index (χ0) is 16.5. The smallest absolute Gasteiger partial charge is 0.231 e. The average molecular weight is 322 g/mol. The summed E-state index contributed by atoms with van der Waals surface area (Å²) in [5, 5.41) is 14.0. The minimum absolute atomic E-state index is 0.147. The largest absolute Gasteiger partial charge is 0.361 e. The normalized spacial score (nSPS) is 13.9. The van der Waals surface area contributed by atoms with Crippen molar-refractivity contribution in [1.29, 1.82) is 0 Å². The first-order valence-electron chi connectivity index (χ1n) is 8.06. The Bertz CT molecular complexity index is 862. The van der Waals surface area contributed by atoms with Gasteiger partial charge in [-0.25, -0.2) is 0 Å². The molecule has 1 amide bonds. The molecule has 122 valence electrons. The maximum absolute atomic E-state index is 12.3. The van der Waals surface area contributed by atoms with E-state index in [2.05, 4.69) is 20.7 Å². The lowest BCUT2D eigenvalue weighted by Crippen LogP contribution is -2.15. The number of benzene rings is 1. The summed E-state index contributed by atoms with van der Waals surface area (Å²) in [5.74, 6) is 1.74. The maximum Gasteiger partial charge on any atom is 0.231 e. The number of aryl methyl sites for hydroxylation is 1. The van der Waals surface area contributed by atoms with E-state index in [1.807, 2.05) is 43.3 Å². The number of aromatic nitrogens is 3. The molecule has 6 nitrogen and oxygen atoms in total. The molecule has 4 rings (SSSR count). The molecule has 6 heteroatoms. The Kier molecular flexibility index (Phi) is 3.65. The number of amides is 1. The van der Waals surface area contributed by atoms with Gasteiger partial charge in [0.05, 0.1) is 12.1 Å². The monoisotopic (exact) mass is 322 g/mol. The minimum atomic E-state index is -0.147. The van der Waals surface area contributed by atoms with Gasteiger partial charge in [-0.15, -0.1) is 0 Å². The molecule has 2 aromatic heterocycles. The molecule has 0 bridgehead atoms. The summed E-state index contributed by atoms with van der Waals surface area (Å²) in [6.45, 7) is 1.85. The van der Waals surface area contributed by atoms with E-state index in [0.717, 1.165) is 16.8 Å². The van der Waals surface area contributed by atoms with Gasteiger partial charge in [-0.2, -0.15) is 5.10 Å². The van der Waals surface area contributed by atoms with Crippen LogP contribution in [0.15, 0.2) is 40.9 Å². The lowest BCUT2D eigenvalue weighted by atomic mass is 10.0. The van der Waals surface area contributed by atoms with Crippen LogP contribution < -0.4 is 5.32 Å². The first-order chi connectivity index (χ1) is 11.7. The Morgan fingerprint density at radius 2 is 2.12 bits per heavy atom. The molecular weight excluding hydrogens is 304 g/mol. The second kappa shape index (κ2) is 5.96. The molecular formula is C18H18N4O2. The Balaban J connectivity index is 1.49. The second-order valence-electron chi connectivity index (χ2n) is 6.13. The third-order valence-electron chi connectivity index (χ3n) is 4.19. The molecule has 0 unspecified atom stereocenters. The van der Waals surface area contributed by atoms with Crippen molar-refractivity contribution in [2.75, 3.05) is 5.32 Å². The number of aromatic amines is 1. The molecule has 24 heavy (non-hydrogen) atoms. The Morgan fingerprint density at radius 3 is 2.88 bits per heavy atom. The summed E-state index contributed by atoms with van der Waals surface area (Å²) < 4.78 is 5.29. The highest BCUT2D eigenvalue weighted by atomic mass is 16.5. The second-order valence-corrected chi connectivity index (χ2v) is 6.13. The van der Waals surface area contributed by atoms with Crippen LogP contribution in [0.3, 0.4) is 0 Å². The van der Waals surface area contributed by atoms with E-state index in [-0.39, 0.29) is 12.3 Å². The molecule has 0 atom stereocenters. The van der Waals surface area contributed by atoms with Crippen molar-refractivity contribution in [2.24, 2.45) is 0 Å². The zero-order valence-electron chi connectivity index (χ0n) is 13.4.